The molecule has 1 atom stereocenters. The van der Waals surface area contributed by atoms with E-state index in [0.29, 0.717) is 36.7 Å². The van der Waals surface area contributed by atoms with Crippen LogP contribution in [0.2, 0.25) is 0 Å². The maximum atomic E-state index is 11.8. The molecular weight excluding hydrogens is 556 g/mol. The van der Waals surface area contributed by atoms with Gasteiger partial charge in [0.2, 0.25) is 0 Å². The highest BCUT2D eigenvalue weighted by atomic mass is 79.9. The summed E-state index contributed by atoms with van der Waals surface area (Å²) in [7, 11) is 0. The van der Waals surface area contributed by atoms with Gasteiger partial charge in [-0.2, -0.15) is 5.26 Å². The van der Waals surface area contributed by atoms with E-state index in [1.54, 1.807) is 6.08 Å². The molecular formula is C28H29BrN2O5S. The highest BCUT2D eigenvalue weighted by Crippen LogP contribution is 2.44. The van der Waals surface area contributed by atoms with E-state index in [1.165, 1.54) is 5.56 Å². The molecule has 2 aromatic rings. The summed E-state index contributed by atoms with van der Waals surface area (Å²) in [5.41, 5.74) is 4.66. The van der Waals surface area contributed by atoms with E-state index in [0.717, 1.165) is 62.8 Å². The lowest BCUT2D eigenvalue weighted by atomic mass is 9.87. The van der Waals surface area contributed by atoms with Gasteiger partial charge in [0.05, 0.1) is 22.1 Å². The summed E-state index contributed by atoms with van der Waals surface area (Å²) in [6, 6.07) is 7.70. The number of ether oxygens (including phenoxy) is 3. The number of hydrogen-bond donors (Lipinski definition) is 1. The zero-order valence-corrected chi connectivity index (χ0v) is 23.7. The van der Waals surface area contributed by atoms with Crippen LogP contribution in [0.1, 0.15) is 54.0 Å². The van der Waals surface area contributed by atoms with E-state index in [1.807, 2.05) is 25.1 Å². The summed E-state index contributed by atoms with van der Waals surface area (Å²) in [5.74, 6) is 2.09. The Morgan fingerprint density at radius 1 is 1.22 bits per heavy atom. The molecule has 1 N–H and O–H groups in total. The van der Waals surface area contributed by atoms with Crippen LogP contribution in [-0.2, 0) is 11.2 Å². The number of nitriles is 1. The molecule has 2 aliphatic heterocycles. The molecule has 2 amide bonds. The number of nitrogens with zero attached hydrogens (tertiary/aromatic N) is 1. The van der Waals surface area contributed by atoms with E-state index in [2.05, 4.69) is 48.1 Å². The second kappa shape index (κ2) is 11.2. The summed E-state index contributed by atoms with van der Waals surface area (Å²) < 4.78 is 19.6. The zero-order chi connectivity index (χ0) is 26.7. The van der Waals surface area contributed by atoms with Crippen LogP contribution in [0.3, 0.4) is 0 Å². The highest BCUT2D eigenvalue weighted by Gasteiger charge is 2.36. The molecule has 0 aromatic heterocycles. The Balaban J connectivity index is 1.46. The number of benzene rings is 2. The summed E-state index contributed by atoms with van der Waals surface area (Å²) in [5, 5.41) is 10.7. The molecule has 2 aliphatic rings. The van der Waals surface area contributed by atoms with Gasteiger partial charge in [-0.3, -0.25) is 14.9 Å². The minimum absolute atomic E-state index is 0.363. The maximum Gasteiger partial charge on any atom is 0.290 e. The number of carbonyl (C=O) groups excluding carboxylic acids is 2. The van der Waals surface area contributed by atoms with Crippen molar-refractivity contribution in [3.8, 4) is 23.3 Å². The second-order valence-electron chi connectivity index (χ2n) is 9.50. The molecule has 1 saturated heterocycles. The number of fused-ring (bicyclic) bond motifs is 1. The van der Waals surface area contributed by atoms with Gasteiger partial charge in [-0.1, -0.05) is 6.07 Å². The lowest BCUT2D eigenvalue weighted by molar-refractivity contribution is -0.115. The SMILES string of the molecule is Cc1c(C)c2c(c(C)c1OCCCC#N)CCC(C)(COc1ccc(C=C3SC(=O)NC3=O)cc1Br)O2. The average Bonchev–Trinajstić information content (AvgIpc) is 3.17. The fourth-order valence-corrected chi connectivity index (χ4v) is 5.65. The number of carbonyl (C=O) groups is 2. The number of unbranched alkanes of at least 4 members (excludes halogenated alkanes) is 1. The first-order valence-corrected chi connectivity index (χ1v) is 13.7. The topological polar surface area (TPSA) is 97.6 Å². The van der Waals surface area contributed by atoms with Gasteiger partial charge >= 0.3 is 0 Å². The Morgan fingerprint density at radius 2 is 2.00 bits per heavy atom. The van der Waals surface area contributed by atoms with Crippen molar-refractivity contribution >= 4 is 44.9 Å². The van der Waals surface area contributed by atoms with Crippen molar-refractivity contribution < 1.29 is 23.8 Å². The Kier molecular flexibility index (Phi) is 8.20. The van der Waals surface area contributed by atoms with Crippen molar-refractivity contribution in [1.82, 2.24) is 5.32 Å². The van der Waals surface area contributed by atoms with E-state index in [4.69, 9.17) is 19.5 Å². The predicted molar refractivity (Wildman–Crippen MR) is 147 cm³/mol. The number of halogens is 1. The monoisotopic (exact) mass is 584 g/mol. The van der Waals surface area contributed by atoms with E-state index >= 15 is 0 Å². The van der Waals surface area contributed by atoms with E-state index in [-0.39, 0.29) is 11.1 Å². The fraction of sp³-hybridized carbons (Fsp3) is 0.393. The van der Waals surface area contributed by atoms with Crippen LogP contribution in [-0.4, -0.2) is 30.0 Å². The Bertz CT molecular complexity index is 1330. The van der Waals surface area contributed by atoms with Gasteiger partial charge in [-0.15, -0.1) is 0 Å². The maximum absolute atomic E-state index is 11.8. The van der Waals surface area contributed by atoms with Crippen LogP contribution in [0.25, 0.3) is 6.08 Å². The average molecular weight is 586 g/mol. The highest BCUT2D eigenvalue weighted by molar-refractivity contribution is 9.10. The van der Waals surface area contributed by atoms with Gasteiger partial charge < -0.3 is 14.2 Å². The molecule has 0 aliphatic carbocycles. The number of hydrogen-bond acceptors (Lipinski definition) is 7. The Labute approximate surface area is 229 Å². The van der Waals surface area contributed by atoms with Crippen molar-refractivity contribution in [3.63, 3.8) is 0 Å². The summed E-state index contributed by atoms with van der Waals surface area (Å²) >= 11 is 4.45. The van der Waals surface area contributed by atoms with Gasteiger partial charge in [0.15, 0.2) is 0 Å². The molecule has 0 saturated carbocycles. The van der Waals surface area contributed by atoms with Crippen molar-refractivity contribution in [2.75, 3.05) is 13.2 Å². The van der Waals surface area contributed by atoms with Gasteiger partial charge in [0.25, 0.3) is 11.1 Å². The van der Waals surface area contributed by atoms with Crippen LogP contribution in [0.4, 0.5) is 4.79 Å². The van der Waals surface area contributed by atoms with Crippen LogP contribution in [0, 0.1) is 32.1 Å². The smallest absolute Gasteiger partial charge is 0.290 e. The van der Waals surface area contributed by atoms with Crippen LogP contribution in [0.5, 0.6) is 17.2 Å². The molecule has 2 heterocycles. The van der Waals surface area contributed by atoms with Gasteiger partial charge in [-0.05, 0) is 115 Å². The summed E-state index contributed by atoms with van der Waals surface area (Å²) in [6.07, 6.45) is 4.51. The second-order valence-corrected chi connectivity index (χ2v) is 11.4. The predicted octanol–water partition coefficient (Wildman–Crippen LogP) is 6.54. The third-order valence-electron chi connectivity index (χ3n) is 6.67. The minimum Gasteiger partial charge on any atom is -0.493 e. The van der Waals surface area contributed by atoms with Crippen molar-refractivity contribution in [1.29, 1.82) is 5.26 Å². The molecule has 0 radical (unpaired) electrons. The minimum atomic E-state index is -0.509. The van der Waals surface area contributed by atoms with Crippen molar-refractivity contribution in [3.05, 3.63) is 55.4 Å². The lowest BCUT2D eigenvalue weighted by Crippen LogP contribution is -2.42. The standard InChI is InChI=1S/C28H29BrN2O5S/c1-16-17(2)25-20(18(3)24(16)34-12-6-5-11-30)9-10-28(4,36-25)15-35-22-8-7-19(13-21(22)29)14-23-26(32)31-27(33)37-23/h7-8,13-14H,5-6,9-10,12,15H2,1-4H3,(H,31,32,33). The zero-order valence-electron chi connectivity index (χ0n) is 21.3. The first-order chi connectivity index (χ1) is 17.6. The van der Waals surface area contributed by atoms with E-state index in [9.17, 15) is 9.59 Å². The molecule has 2 aromatic carbocycles. The molecule has 1 fully saturated rings. The Morgan fingerprint density at radius 3 is 2.68 bits per heavy atom. The van der Waals surface area contributed by atoms with Crippen LogP contribution >= 0.6 is 27.7 Å². The number of rotatable bonds is 8. The van der Waals surface area contributed by atoms with Crippen molar-refractivity contribution in [2.24, 2.45) is 0 Å². The fourth-order valence-electron chi connectivity index (χ4n) is 4.45. The van der Waals surface area contributed by atoms with Gasteiger partial charge in [0, 0.05) is 12.0 Å². The third-order valence-corrected chi connectivity index (χ3v) is 8.10. The molecule has 1 unspecified atom stereocenters. The van der Waals surface area contributed by atoms with Gasteiger partial charge in [-0.25, -0.2) is 0 Å². The quantitative estimate of drug-likeness (QED) is 0.277. The summed E-state index contributed by atoms with van der Waals surface area (Å²) in [4.78, 5) is 23.6. The van der Waals surface area contributed by atoms with Crippen LogP contribution in [0.15, 0.2) is 27.6 Å². The first-order valence-electron chi connectivity index (χ1n) is 12.1. The number of thioether (sulfide) groups is 1. The third kappa shape index (κ3) is 5.97. The molecule has 37 heavy (non-hydrogen) atoms. The lowest BCUT2D eigenvalue weighted by Gasteiger charge is -2.38. The number of amides is 2. The van der Waals surface area contributed by atoms with E-state index < -0.39 is 5.60 Å². The summed E-state index contributed by atoms with van der Waals surface area (Å²) in [6.45, 7) is 9.13. The van der Waals surface area contributed by atoms with Gasteiger partial charge in [0.1, 0.15) is 29.5 Å². The molecule has 9 heteroatoms. The van der Waals surface area contributed by atoms with Crippen LogP contribution < -0.4 is 19.5 Å². The molecule has 194 valence electrons. The number of imide groups is 1. The first kappa shape index (κ1) is 27.1. The van der Waals surface area contributed by atoms with Crippen molar-refractivity contribution in [2.45, 2.75) is 59.0 Å². The largest absolute Gasteiger partial charge is 0.493 e. The molecule has 0 bridgehead atoms. The molecule has 7 nitrogen and oxygen atoms in total. The Hall–Kier alpha value is -2.96. The normalized spacial score (nSPS) is 19.7. The molecule has 4 rings (SSSR count). The number of nitrogens with one attached hydrogen (secondary N) is 1. The molecule has 0 spiro atoms.